The minimum Gasteiger partial charge on any atom is -0.489 e. The standard InChI is InChI=1S/C25H23FN2O3/c1-25(2)11-19(29)23-21(12-25)31-24(28)18(13-27)22(23)17-5-3-4-6-20(17)30-14-15-7-9-16(26)10-8-15/h3-10,18,22,28H,11-12,14H2,1-2H3. The number of halogens is 1. The number of para-hydroxylation sites is 1. The molecule has 0 bridgehead atoms. The maximum atomic E-state index is 13.2. The summed E-state index contributed by atoms with van der Waals surface area (Å²) in [4.78, 5) is 13.1. The van der Waals surface area contributed by atoms with E-state index in [0.29, 0.717) is 35.5 Å². The van der Waals surface area contributed by atoms with Crippen LogP contribution in [0.25, 0.3) is 0 Å². The molecule has 6 heteroatoms. The molecule has 2 aromatic carbocycles. The van der Waals surface area contributed by atoms with E-state index >= 15 is 0 Å². The fourth-order valence-electron chi connectivity index (χ4n) is 4.31. The predicted octanol–water partition coefficient (Wildman–Crippen LogP) is 5.28. The van der Waals surface area contributed by atoms with Gasteiger partial charge in [-0.1, -0.05) is 44.2 Å². The highest BCUT2D eigenvalue weighted by atomic mass is 19.1. The molecule has 31 heavy (non-hydrogen) atoms. The molecule has 0 fully saturated rings. The van der Waals surface area contributed by atoms with Crippen LogP contribution in [0.2, 0.25) is 0 Å². The first kappa shape index (κ1) is 20.8. The number of allylic oxidation sites excluding steroid dienone is 2. The van der Waals surface area contributed by atoms with Crippen LogP contribution in [0.3, 0.4) is 0 Å². The van der Waals surface area contributed by atoms with Gasteiger partial charge < -0.3 is 9.47 Å². The van der Waals surface area contributed by atoms with Crippen molar-refractivity contribution in [1.82, 2.24) is 0 Å². The van der Waals surface area contributed by atoms with E-state index in [0.717, 1.165) is 5.56 Å². The minimum absolute atomic E-state index is 0.0580. The molecule has 4 rings (SSSR count). The monoisotopic (exact) mass is 418 g/mol. The van der Waals surface area contributed by atoms with Crippen molar-refractivity contribution < 1.29 is 18.7 Å². The maximum absolute atomic E-state index is 13.2. The maximum Gasteiger partial charge on any atom is 0.205 e. The third-order valence-electron chi connectivity index (χ3n) is 5.74. The minimum atomic E-state index is -0.917. The largest absolute Gasteiger partial charge is 0.489 e. The van der Waals surface area contributed by atoms with Gasteiger partial charge in [0.15, 0.2) is 5.78 Å². The van der Waals surface area contributed by atoms with Crippen LogP contribution >= 0.6 is 0 Å². The summed E-state index contributed by atoms with van der Waals surface area (Å²) in [5.41, 5.74) is 1.67. The Balaban J connectivity index is 1.74. The van der Waals surface area contributed by atoms with E-state index in [1.807, 2.05) is 32.0 Å². The molecule has 0 saturated carbocycles. The summed E-state index contributed by atoms with van der Waals surface area (Å²) in [5, 5.41) is 18.1. The highest BCUT2D eigenvalue weighted by Crippen LogP contribution is 2.49. The molecule has 1 aliphatic carbocycles. The first-order chi connectivity index (χ1) is 14.8. The molecule has 1 heterocycles. The number of hydrogen-bond acceptors (Lipinski definition) is 5. The molecule has 1 aliphatic heterocycles. The van der Waals surface area contributed by atoms with Gasteiger partial charge in [-0.05, 0) is 29.2 Å². The number of benzene rings is 2. The van der Waals surface area contributed by atoms with Gasteiger partial charge in [-0.25, -0.2) is 4.39 Å². The van der Waals surface area contributed by atoms with E-state index in [9.17, 15) is 14.4 Å². The fourth-order valence-corrected chi connectivity index (χ4v) is 4.31. The number of carbonyl (C=O) groups excluding carboxylic acids is 1. The SMILES string of the molecule is CC1(C)CC(=O)C2=C(C1)OC(=N)C(C#N)C2c1ccccc1OCc1ccc(F)cc1. The fraction of sp³-hybridized carbons (Fsp3) is 0.320. The quantitative estimate of drug-likeness (QED) is 0.732. The van der Waals surface area contributed by atoms with E-state index in [2.05, 4.69) is 6.07 Å². The van der Waals surface area contributed by atoms with Gasteiger partial charge in [-0.15, -0.1) is 0 Å². The third-order valence-corrected chi connectivity index (χ3v) is 5.74. The average Bonchev–Trinajstić information content (AvgIpc) is 2.71. The van der Waals surface area contributed by atoms with E-state index in [1.165, 1.54) is 12.1 Å². The predicted molar refractivity (Wildman–Crippen MR) is 113 cm³/mol. The summed E-state index contributed by atoms with van der Waals surface area (Å²) < 4.78 is 24.9. The van der Waals surface area contributed by atoms with Gasteiger partial charge in [0.05, 0.1) is 6.07 Å². The second-order valence-electron chi connectivity index (χ2n) is 8.78. The second kappa shape index (κ2) is 7.99. The van der Waals surface area contributed by atoms with E-state index in [-0.39, 0.29) is 29.5 Å². The summed E-state index contributed by atoms with van der Waals surface area (Å²) in [6.45, 7) is 4.20. The third kappa shape index (κ3) is 4.09. The van der Waals surface area contributed by atoms with Crippen molar-refractivity contribution in [3.63, 3.8) is 0 Å². The number of hydrogen-bond donors (Lipinski definition) is 1. The number of ketones is 1. The Hall–Kier alpha value is -3.46. The molecular formula is C25H23FN2O3. The smallest absolute Gasteiger partial charge is 0.205 e. The van der Waals surface area contributed by atoms with Gasteiger partial charge in [0.2, 0.25) is 5.90 Å². The molecule has 1 N–H and O–H groups in total. The Morgan fingerprint density at radius 1 is 1.19 bits per heavy atom. The van der Waals surface area contributed by atoms with E-state index in [1.54, 1.807) is 18.2 Å². The van der Waals surface area contributed by atoms with Crippen molar-refractivity contribution in [1.29, 1.82) is 10.7 Å². The number of nitrogens with one attached hydrogen (secondary N) is 1. The summed E-state index contributed by atoms with van der Waals surface area (Å²) in [6.07, 6.45) is 0.888. The number of rotatable bonds is 4. The van der Waals surface area contributed by atoms with Gasteiger partial charge in [-0.2, -0.15) is 5.26 Å². The van der Waals surface area contributed by atoms with Crippen LogP contribution in [0.15, 0.2) is 59.9 Å². The van der Waals surface area contributed by atoms with Crippen molar-refractivity contribution in [2.45, 2.75) is 39.2 Å². The van der Waals surface area contributed by atoms with Crippen LogP contribution in [-0.4, -0.2) is 11.7 Å². The number of Topliss-reactive ketones (excluding diaryl/α,β-unsaturated/α-hetero) is 1. The molecule has 5 nitrogen and oxygen atoms in total. The number of carbonyl (C=O) groups is 1. The highest BCUT2D eigenvalue weighted by Gasteiger charge is 2.46. The van der Waals surface area contributed by atoms with Crippen molar-refractivity contribution in [2.24, 2.45) is 11.3 Å². The lowest BCUT2D eigenvalue weighted by molar-refractivity contribution is -0.119. The summed E-state index contributed by atoms with van der Waals surface area (Å²) in [6, 6.07) is 15.4. The number of nitrogens with zero attached hydrogens (tertiary/aromatic N) is 1. The second-order valence-corrected chi connectivity index (χ2v) is 8.78. The van der Waals surface area contributed by atoms with Gasteiger partial charge in [-0.3, -0.25) is 10.2 Å². The van der Waals surface area contributed by atoms with E-state index < -0.39 is 11.8 Å². The number of nitriles is 1. The molecule has 0 aromatic heterocycles. The van der Waals surface area contributed by atoms with Crippen LogP contribution in [0.1, 0.15) is 43.7 Å². The average molecular weight is 418 g/mol. The Kier molecular flexibility index (Phi) is 5.36. The van der Waals surface area contributed by atoms with Crippen LogP contribution in [0, 0.1) is 33.9 Å². The lowest BCUT2D eigenvalue weighted by Gasteiger charge is -2.39. The summed E-state index contributed by atoms with van der Waals surface area (Å²) in [5.74, 6) is -1.07. The summed E-state index contributed by atoms with van der Waals surface area (Å²) in [7, 11) is 0. The molecule has 158 valence electrons. The first-order valence-electron chi connectivity index (χ1n) is 10.2. The Morgan fingerprint density at radius 3 is 2.61 bits per heavy atom. The lowest BCUT2D eigenvalue weighted by Crippen LogP contribution is -2.38. The van der Waals surface area contributed by atoms with Crippen LogP contribution < -0.4 is 4.74 Å². The molecule has 2 atom stereocenters. The molecule has 0 saturated heterocycles. The topological polar surface area (TPSA) is 83.2 Å². The van der Waals surface area contributed by atoms with Gasteiger partial charge in [0.25, 0.3) is 0 Å². The van der Waals surface area contributed by atoms with Crippen molar-refractivity contribution >= 4 is 11.7 Å². The highest BCUT2D eigenvalue weighted by molar-refractivity contribution is 6.02. The van der Waals surface area contributed by atoms with Gasteiger partial charge in [0.1, 0.15) is 29.9 Å². The summed E-state index contributed by atoms with van der Waals surface area (Å²) >= 11 is 0. The first-order valence-corrected chi connectivity index (χ1v) is 10.2. The molecule has 0 amide bonds. The van der Waals surface area contributed by atoms with Crippen molar-refractivity contribution in [3.05, 3.63) is 76.8 Å². The van der Waals surface area contributed by atoms with Crippen LogP contribution in [0.5, 0.6) is 5.75 Å². The number of ether oxygens (including phenoxy) is 2. The van der Waals surface area contributed by atoms with Gasteiger partial charge in [0, 0.05) is 29.9 Å². The molecular weight excluding hydrogens is 395 g/mol. The molecule has 2 aromatic rings. The zero-order valence-corrected chi connectivity index (χ0v) is 17.4. The van der Waals surface area contributed by atoms with Crippen LogP contribution in [0.4, 0.5) is 4.39 Å². The normalized spacial score (nSPS) is 22.4. The Morgan fingerprint density at radius 2 is 1.90 bits per heavy atom. The van der Waals surface area contributed by atoms with Gasteiger partial charge >= 0.3 is 0 Å². The molecule has 2 aliphatic rings. The van der Waals surface area contributed by atoms with Crippen LogP contribution in [-0.2, 0) is 16.1 Å². The van der Waals surface area contributed by atoms with Crippen molar-refractivity contribution in [2.75, 3.05) is 0 Å². The zero-order valence-electron chi connectivity index (χ0n) is 17.4. The Bertz CT molecular complexity index is 1110. The molecule has 0 spiro atoms. The molecule has 2 unspecified atom stereocenters. The van der Waals surface area contributed by atoms with Crippen molar-refractivity contribution in [3.8, 4) is 11.8 Å². The zero-order chi connectivity index (χ0) is 22.2. The lowest BCUT2D eigenvalue weighted by atomic mass is 9.68. The molecule has 0 radical (unpaired) electrons. The Labute approximate surface area is 180 Å². The van der Waals surface area contributed by atoms with E-state index in [4.69, 9.17) is 14.9 Å².